The third kappa shape index (κ3) is 3.17. The maximum Gasteiger partial charge on any atom is 0.0245 e. The predicted molar refractivity (Wildman–Crippen MR) is 57.5 cm³/mol. The Morgan fingerprint density at radius 1 is 1.31 bits per heavy atom. The van der Waals surface area contributed by atoms with Crippen LogP contribution in [0.5, 0.6) is 0 Å². The number of allylic oxidation sites excluding steroid dienone is 1. The monoisotopic (exact) mass is 170 g/mol. The summed E-state index contributed by atoms with van der Waals surface area (Å²) >= 11 is 0. The highest BCUT2D eigenvalue weighted by Gasteiger charge is 1.92. The zero-order chi connectivity index (χ0) is 9.68. The minimum Gasteiger partial charge on any atom is -0.101 e. The van der Waals surface area contributed by atoms with Crippen LogP contribution in [0.2, 0.25) is 0 Å². The highest BCUT2D eigenvalue weighted by atomic mass is 14.0. The molecule has 0 bridgehead atoms. The second kappa shape index (κ2) is 4.52. The summed E-state index contributed by atoms with van der Waals surface area (Å²) in [6.07, 6.45) is 0.958. The molecule has 0 saturated carbocycles. The van der Waals surface area contributed by atoms with Crippen LogP contribution in [0, 0.1) is 11.8 Å². The van der Waals surface area contributed by atoms with Gasteiger partial charge in [0.1, 0.15) is 0 Å². The Hall–Kier alpha value is -1.48. The van der Waals surface area contributed by atoms with Crippen LogP contribution in [0.1, 0.15) is 25.0 Å². The van der Waals surface area contributed by atoms with Crippen LogP contribution in [0.15, 0.2) is 36.4 Å². The van der Waals surface area contributed by atoms with Gasteiger partial charge in [0.25, 0.3) is 0 Å². The van der Waals surface area contributed by atoms with Crippen molar-refractivity contribution >= 4 is 0 Å². The average Bonchev–Trinajstić information content (AvgIpc) is 2.08. The van der Waals surface area contributed by atoms with Gasteiger partial charge in [0.2, 0.25) is 0 Å². The Morgan fingerprint density at radius 3 is 2.38 bits per heavy atom. The van der Waals surface area contributed by atoms with Gasteiger partial charge in [-0.1, -0.05) is 30.2 Å². The number of hydrogen-bond donors (Lipinski definition) is 0. The lowest BCUT2D eigenvalue weighted by molar-refractivity contribution is 1.15. The molecule has 0 aliphatic carbocycles. The second-order valence-corrected chi connectivity index (χ2v) is 3.21. The largest absolute Gasteiger partial charge is 0.101 e. The molecule has 0 heteroatoms. The highest BCUT2D eigenvalue weighted by molar-refractivity contribution is 5.36. The van der Waals surface area contributed by atoms with Crippen molar-refractivity contribution in [3.05, 3.63) is 47.5 Å². The first-order valence-corrected chi connectivity index (χ1v) is 4.38. The van der Waals surface area contributed by atoms with E-state index in [-0.39, 0.29) is 0 Å². The topological polar surface area (TPSA) is 0 Å². The Kier molecular flexibility index (Phi) is 3.34. The van der Waals surface area contributed by atoms with E-state index in [0.717, 1.165) is 12.0 Å². The van der Waals surface area contributed by atoms with E-state index in [0.29, 0.717) is 0 Å². The SMILES string of the molecule is C=C(C)Cc1ccc(C#CC)cc1. The van der Waals surface area contributed by atoms with Gasteiger partial charge in [-0.15, -0.1) is 5.92 Å². The summed E-state index contributed by atoms with van der Waals surface area (Å²) in [5, 5.41) is 0. The van der Waals surface area contributed by atoms with E-state index in [4.69, 9.17) is 0 Å². The summed E-state index contributed by atoms with van der Waals surface area (Å²) in [5.74, 6) is 5.89. The summed E-state index contributed by atoms with van der Waals surface area (Å²) in [6, 6.07) is 8.31. The highest BCUT2D eigenvalue weighted by Crippen LogP contribution is 2.07. The predicted octanol–water partition coefficient (Wildman–Crippen LogP) is 3.18. The van der Waals surface area contributed by atoms with E-state index >= 15 is 0 Å². The van der Waals surface area contributed by atoms with Gasteiger partial charge in [-0.25, -0.2) is 0 Å². The standard InChI is InChI=1S/C13H14/c1-4-5-12-6-8-13(9-7-12)10-11(2)3/h6-9H,2,10H2,1,3H3. The lowest BCUT2D eigenvalue weighted by Crippen LogP contribution is -1.85. The lowest BCUT2D eigenvalue weighted by atomic mass is 10.1. The van der Waals surface area contributed by atoms with Crippen LogP contribution in [-0.2, 0) is 6.42 Å². The molecule has 0 N–H and O–H groups in total. The third-order valence-corrected chi connectivity index (χ3v) is 1.73. The Balaban J connectivity index is 2.79. The second-order valence-electron chi connectivity index (χ2n) is 3.21. The molecule has 0 radical (unpaired) electrons. The summed E-state index contributed by atoms with van der Waals surface area (Å²) < 4.78 is 0. The Morgan fingerprint density at radius 2 is 1.92 bits per heavy atom. The number of rotatable bonds is 2. The molecule has 1 aromatic rings. The zero-order valence-corrected chi connectivity index (χ0v) is 8.22. The molecule has 1 rings (SSSR count). The van der Waals surface area contributed by atoms with Crippen molar-refractivity contribution < 1.29 is 0 Å². The molecule has 0 spiro atoms. The van der Waals surface area contributed by atoms with E-state index in [2.05, 4.69) is 42.7 Å². The van der Waals surface area contributed by atoms with E-state index in [1.165, 1.54) is 11.1 Å². The normalized spacial score (nSPS) is 8.77. The van der Waals surface area contributed by atoms with Gasteiger partial charge in [0.15, 0.2) is 0 Å². The van der Waals surface area contributed by atoms with Crippen molar-refractivity contribution in [3.63, 3.8) is 0 Å². The van der Waals surface area contributed by atoms with Gasteiger partial charge in [-0.2, -0.15) is 0 Å². The van der Waals surface area contributed by atoms with Gasteiger partial charge < -0.3 is 0 Å². The molecule has 0 heterocycles. The van der Waals surface area contributed by atoms with Crippen LogP contribution < -0.4 is 0 Å². The van der Waals surface area contributed by atoms with Crippen LogP contribution in [0.25, 0.3) is 0 Å². The Bertz CT molecular complexity index is 344. The maximum atomic E-state index is 3.88. The fraction of sp³-hybridized carbons (Fsp3) is 0.231. The minimum atomic E-state index is 0.958. The van der Waals surface area contributed by atoms with Gasteiger partial charge in [-0.3, -0.25) is 0 Å². The van der Waals surface area contributed by atoms with Crippen molar-refractivity contribution in [2.45, 2.75) is 20.3 Å². The average molecular weight is 170 g/mol. The summed E-state index contributed by atoms with van der Waals surface area (Å²) in [5.41, 5.74) is 3.57. The molecule has 0 amide bonds. The van der Waals surface area contributed by atoms with Crippen LogP contribution in [-0.4, -0.2) is 0 Å². The molecule has 0 aliphatic rings. The molecule has 0 aliphatic heterocycles. The molecule has 0 aromatic heterocycles. The summed E-state index contributed by atoms with van der Waals surface area (Å²) in [7, 11) is 0. The molecule has 0 nitrogen and oxygen atoms in total. The van der Waals surface area contributed by atoms with E-state index in [1.54, 1.807) is 0 Å². The summed E-state index contributed by atoms with van der Waals surface area (Å²) in [4.78, 5) is 0. The van der Waals surface area contributed by atoms with Gasteiger partial charge >= 0.3 is 0 Å². The van der Waals surface area contributed by atoms with Crippen molar-refractivity contribution in [1.82, 2.24) is 0 Å². The first kappa shape index (κ1) is 9.61. The number of hydrogen-bond acceptors (Lipinski definition) is 0. The molecule has 0 saturated heterocycles. The smallest absolute Gasteiger partial charge is 0.0245 e. The van der Waals surface area contributed by atoms with E-state index < -0.39 is 0 Å². The van der Waals surface area contributed by atoms with Gasteiger partial charge in [0, 0.05) is 5.56 Å². The Labute approximate surface area is 80.3 Å². The lowest BCUT2D eigenvalue weighted by Gasteiger charge is -1.99. The van der Waals surface area contributed by atoms with Crippen LogP contribution in [0.4, 0.5) is 0 Å². The zero-order valence-electron chi connectivity index (χ0n) is 8.22. The first-order chi connectivity index (χ1) is 6.22. The molecule has 13 heavy (non-hydrogen) atoms. The third-order valence-electron chi connectivity index (χ3n) is 1.73. The van der Waals surface area contributed by atoms with Crippen LogP contribution >= 0.6 is 0 Å². The molecule has 66 valence electrons. The van der Waals surface area contributed by atoms with Gasteiger partial charge in [0.05, 0.1) is 0 Å². The first-order valence-electron chi connectivity index (χ1n) is 4.38. The molecular formula is C13H14. The minimum absolute atomic E-state index is 0.958. The van der Waals surface area contributed by atoms with Crippen molar-refractivity contribution in [2.24, 2.45) is 0 Å². The quantitative estimate of drug-likeness (QED) is 0.472. The molecule has 0 atom stereocenters. The van der Waals surface area contributed by atoms with E-state index in [1.807, 2.05) is 13.8 Å². The molecule has 0 unspecified atom stereocenters. The molecular weight excluding hydrogens is 156 g/mol. The molecule has 0 fully saturated rings. The maximum absolute atomic E-state index is 3.88. The van der Waals surface area contributed by atoms with E-state index in [9.17, 15) is 0 Å². The van der Waals surface area contributed by atoms with Crippen molar-refractivity contribution in [2.75, 3.05) is 0 Å². The van der Waals surface area contributed by atoms with Gasteiger partial charge in [-0.05, 0) is 38.0 Å². The summed E-state index contributed by atoms with van der Waals surface area (Å²) in [6.45, 7) is 7.77. The fourth-order valence-corrected chi connectivity index (χ4v) is 1.20. The van der Waals surface area contributed by atoms with Crippen molar-refractivity contribution in [1.29, 1.82) is 0 Å². The number of benzene rings is 1. The fourth-order valence-electron chi connectivity index (χ4n) is 1.20. The van der Waals surface area contributed by atoms with Crippen molar-refractivity contribution in [3.8, 4) is 11.8 Å². The van der Waals surface area contributed by atoms with Crippen LogP contribution in [0.3, 0.4) is 0 Å². The molecule has 1 aromatic carbocycles.